The van der Waals surface area contributed by atoms with Crippen LogP contribution in [0.15, 0.2) is 30.7 Å². The summed E-state index contributed by atoms with van der Waals surface area (Å²) in [5.74, 6) is 0. The van der Waals surface area contributed by atoms with E-state index >= 15 is 0 Å². The van der Waals surface area contributed by atoms with Gasteiger partial charge in [0.2, 0.25) is 0 Å². The number of aryl methyl sites for hydroxylation is 3. The minimum atomic E-state index is 0.311. The highest BCUT2D eigenvalue weighted by molar-refractivity contribution is 5.35. The minimum absolute atomic E-state index is 0.311. The maximum atomic E-state index is 4.54. The monoisotopic (exact) mass is 283 g/mol. The summed E-state index contributed by atoms with van der Waals surface area (Å²) in [7, 11) is 2.03. The lowest BCUT2D eigenvalue weighted by Gasteiger charge is -2.17. The van der Waals surface area contributed by atoms with Crippen molar-refractivity contribution in [1.82, 2.24) is 14.9 Å². The molecule has 3 rings (SSSR count). The van der Waals surface area contributed by atoms with Crippen molar-refractivity contribution in [3.63, 3.8) is 0 Å². The molecule has 0 saturated carbocycles. The van der Waals surface area contributed by atoms with Crippen molar-refractivity contribution in [2.45, 2.75) is 45.1 Å². The van der Waals surface area contributed by atoms with Gasteiger partial charge < -0.3 is 9.88 Å². The molecule has 3 nitrogen and oxygen atoms in total. The molecule has 0 aliphatic heterocycles. The molecule has 0 spiro atoms. The Kier molecular flexibility index (Phi) is 4.39. The van der Waals surface area contributed by atoms with Gasteiger partial charge in [-0.2, -0.15) is 0 Å². The first-order chi connectivity index (χ1) is 10.3. The van der Waals surface area contributed by atoms with Crippen LogP contribution in [0.3, 0.4) is 0 Å². The molecule has 1 aliphatic rings. The Bertz CT molecular complexity index is 600. The van der Waals surface area contributed by atoms with E-state index in [0.717, 1.165) is 25.1 Å². The molecular weight excluding hydrogens is 258 g/mol. The average Bonchev–Trinajstić information content (AvgIpc) is 3.11. The molecule has 21 heavy (non-hydrogen) atoms. The summed E-state index contributed by atoms with van der Waals surface area (Å²) in [6.45, 7) is 3.24. The molecule has 1 aliphatic carbocycles. The van der Waals surface area contributed by atoms with Gasteiger partial charge in [-0.15, -0.1) is 0 Å². The lowest BCUT2D eigenvalue weighted by atomic mass is 9.99. The van der Waals surface area contributed by atoms with Gasteiger partial charge in [-0.05, 0) is 55.3 Å². The normalized spacial score (nSPS) is 15.1. The van der Waals surface area contributed by atoms with Gasteiger partial charge in [-0.25, -0.2) is 4.98 Å². The highest BCUT2D eigenvalue weighted by Gasteiger charge is 2.16. The Morgan fingerprint density at radius 2 is 2.14 bits per heavy atom. The number of imidazole rings is 1. The van der Waals surface area contributed by atoms with Crippen LogP contribution in [-0.4, -0.2) is 16.1 Å². The van der Waals surface area contributed by atoms with Crippen molar-refractivity contribution in [1.29, 1.82) is 0 Å². The van der Waals surface area contributed by atoms with Crippen LogP contribution in [0.5, 0.6) is 0 Å². The third-order valence-electron chi connectivity index (χ3n) is 4.33. The van der Waals surface area contributed by atoms with E-state index in [1.807, 2.05) is 17.9 Å². The molecule has 1 heterocycles. The van der Waals surface area contributed by atoms with Gasteiger partial charge >= 0.3 is 0 Å². The molecular formula is C18H25N3. The van der Waals surface area contributed by atoms with Crippen LogP contribution in [0.1, 0.15) is 48.2 Å². The third-order valence-corrected chi connectivity index (χ3v) is 4.33. The number of benzene rings is 1. The number of fused-ring (bicyclic) bond motifs is 1. The molecule has 3 heteroatoms. The van der Waals surface area contributed by atoms with Gasteiger partial charge in [0.05, 0.1) is 18.1 Å². The largest absolute Gasteiger partial charge is 0.340 e. The lowest BCUT2D eigenvalue weighted by molar-refractivity contribution is 0.519. The quantitative estimate of drug-likeness (QED) is 0.882. The van der Waals surface area contributed by atoms with Crippen molar-refractivity contribution in [2.75, 3.05) is 6.54 Å². The molecule has 0 saturated heterocycles. The zero-order valence-electron chi connectivity index (χ0n) is 13.1. The molecule has 1 aromatic heterocycles. The van der Waals surface area contributed by atoms with Crippen molar-refractivity contribution in [3.8, 4) is 0 Å². The van der Waals surface area contributed by atoms with Gasteiger partial charge in [0.15, 0.2) is 0 Å². The molecule has 1 N–H and O–H groups in total. The maximum absolute atomic E-state index is 4.54. The van der Waals surface area contributed by atoms with Gasteiger partial charge in [0, 0.05) is 13.2 Å². The van der Waals surface area contributed by atoms with Gasteiger partial charge in [0.25, 0.3) is 0 Å². The minimum Gasteiger partial charge on any atom is -0.340 e. The van der Waals surface area contributed by atoms with E-state index in [1.165, 1.54) is 24.8 Å². The van der Waals surface area contributed by atoms with E-state index in [0.29, 0.717) is 6.04 Å². The Hall–Kier alpha value is -1.61. The molecule has 2 aromatic rings. The number of nitrogens with one attached hydrogen (secondary N) is 1. The molecule has 1 atom stereocenters. The summed E-state index contributed by atoms with van der Waals surface area (Å²) >= 11 is 0. The second-order valence-corrected chi connectivity index (χ2v) is 6.13. The summed E-state index contributed by atoms with van der Waals surface area (Å²) in [5.41, 5.74) is 5.68. The third kappa shape index (κ3) is 3.35. The van der Waals surface area contributed by atoms with Crippen molar-refractivity contribution in [2.24, 2.45) is 7.05 Å². The average molecular weight is 283 g/mol. The maximum Gasteiger partial charge on any atom is 0.0947 e. The van der Waals surface area contributed by atoms with E-state index in [-0.39, 0.29) is 0 Å². The Morgan fingerprint density at radius 1 is 1.29 bits per heavy atom. The van der Waals surface area contributed by atoms with Crippen LogP contribution in [0.2, 0.25) is 0 Å². The van der Waals surface area contributed by atoms with Crippen LogP contribution in [0.25, 0.3) is 0 Å². The fourth-order valence-corrected chi connectivity index (χ4v) is 3.20. The number of aromatic nitrogens is 2. The van der Waals surface area contributed by atoms with Crippen LogP contribution in [0, 0.1) is 0 Å². The first kappa shape index (κ1) is 14.3. The predicted octanol–water partition coefficient (Wildman–Crippen LogP) is 3.19. The lowest BCUT2D eigenvalue weighted by Crippen LogP contribution is -2.24. The van der Waals surface area contributed by atoms with E-state index in [4.69, 9.17) is 0 Å². The molecule has 0 bridgehead atoms. The van der Waals surface area contributed by atoms with Crippen LogP contribution >= 0.6 is 0 Å². The van der Waals surface area contributed by atoms with Crippen LogP contribution in [-0.2, 0) is 26.3 Å². The van der Waals surface area contributed by atoms with Gasteiger partial charge in [-0.3, -0.25) is 0 Å². The van der Waals surface area contributed by atoms with Crippen molar-refractivity contribution >= 4 is 0 Å². The standard InChI is InChI=1S/C18H25N3/c1-3-9-19-17(18-12-21(2)13-20-18)11-14-7-8-15-5-4-6-16(15)10-14/h7-8,10,12-13,17,19H,3-6,9,11H2,1-2H3. The molecule has 0 amide bonds. The second kappa shape index (κ2) is 6.44. The smallest absolute Gasteiger partial charge is 0.0947 e. The first-order valence-corrected chi connectivity index (χ1v) is 8.08. The molecule has 0 radical (unpaired) electrons. The van der Waals surface area contributed by atoms with E-state index in [2.05, 4.69) is 41.6 Å². The fraction of sp³-hybridized carbons (Fsp3) is 0.500. The Morgan fingerprint density at radius 3 is 2.90 bits per heavy atom. The Labute approximate surface area is 127 Å². The summed E-state index contributed by atoms with van der Waals surface area (Å²) in [6.07, 6.45) is 10.0. The highest BCUT2D eigenvalue weighted by atomic mass is 15.0. The van der Waals surface area contributed by atoms with Gasteiger partial charge in [-0.1, -0.05) is 25.1 Å². The molecule has 1 unspecified atom stereocenters. The zero-order chi connectivity index (χ0) is 14.7. The number of hydrogen-bond acceptors (Lipinski definition) is 2. The fourth-order valence-electron chi connectivity index (χ4n) is 3.20. The molecule has 0 fully saturated rings. The first-order valence-electron chi connectivity index (χ1n) is 8.08. The Balaban J connectivity index is 1.77. The van der Waals surface area contributed by atoms with Gasteiger partial charge in [0.1, 0.15) is 0 Å². The van der Waals surface area contributed by atoms with Crippen LogP contribution in [0.4, 0.5) is 0 Å². The van der Waals surface area contributed by atoms with Crippen molar-refractivity contribution in [3.05, 3.63) is 53.1 Å². The van der Waals surface area contributed by atoms with E-state index in [9.17, 15) is 0 Å². The summed E-state index contributed by atoms with van der Waals surface area (Å²) in [6, 6.07) is 7.35. The predicted molar refractivity (Wildman–Crippen MR) is 86.4 cm³/mol. The summed E-state index contributed by atoms with van der Waals surface area (Å²) < 4.78 is 2.03. The highest BCUT2D eigenvalue weighted by Crippen LogP contribution is 2.25. The number of nitrogens with zero attached hydrogens (tertiary/aromatic N) is 2. The zero-order valence-corrected chi connectivity index (χ0v) is 13.1. The summed E-state index contributed by atoms with van der Waals surface area (Å²) in [5, 5.41) is 3.64. The molecule has 112 valence electrons. The van der Waals surface area contributed by atoms with Crippen molar-refractivity contribution < 1.29 is 0 Å². The number of rotatable bonds is 6. The van der Waals surface area contributed by atoms with E-state index < -0.39 is 0 Å². The number of hydrogen-bond donors (Lipinski definition) is 1. The summed E-state index contributed by atoms with van der Waals surface area (Å²) in [4.78, 5) is 4.54. The molecule has 1 aromatic carbocycles. The topological polar surface area (TPSA) is 29.9 Å². The van der Waals surface area contributed by atoms with E-state index in [1.54, 1.807) is 11.1 Å². The SMILES string of the molecule is CCCNC(Cc1ccc2c(c1)CCC2)c1cn(C)cn1. The van der Waals surface area contributed by atoms with Crippen LogP contribution < -0.4 is 5.32 Å². The second-order valence-electron chi connectivity index (χ2n) is 6.13.